The van der Waals surface area contributed by atoms with Crippen LogP contribution in [0.4, 0.5) is 0 Å². The molecule has 0 aromatic heterocycles. The molecule has 0 fully saturated rings. The van der Waals surface area contributed by atoms with E-state index in [4.69, 9.17) is 11.6 Å². The summed E-state index contributed by atoms with van der Waals surface area (Å²) in [5, 5.41) is 16.6. The molecule has 2 aromatic carbocycles. The molecule has 7 heteroatoms. The van der Waals surface area contributed by atoms with Gasteiger partial charge in [0.2, 0.25) is 0 Å². The maximum Gasteiger partial charge on any atom is 0.262 e. The number of phenols is 1. The lowest BCUT2D eigenvalue weighted by atomic mass is 10.0. The van der Waals surface area contributed by atoms with Crippen LogP contribution in [0.15, 0.2) is 53.6 Å². The van der Waals surface area contributed by atoms with E-state index in [0.29, 0.717) is 16.1 Å². The Kier molecular flexibility index (Phi) is 6.74. The largest absolute Gasteiger partial charge is 0.507 e. The highest BCUT2D eigenvalue weighted by molar-refractivity contribution is 6.31. The molecule has 0 radical (unpaired) electrons. The van der Waals surface area contributed by atoms with E-state index in [2.05, 4.69) is 15.8 Å². The molecule has 1 unspecified atom stereocenters. The number of hydrazone groups is 1. The zero-order chi connectivity index (χ0) is 19.1. The van der Waals surface area contributed by atoms with E-state index in [1.165, 1.54) is 18.3 Å². The van der Waals surface area contributed by atoms with Crippen LogP contribution >= 0.6 is 11.6 Å². The van der Waals surface area contributed by atoms with Gasteiger partial charge in [-0.15, -0.1) is 0 Å². The molecule has 1 atom stereocenters. The van der Waals surface area contributed by atoms with Gasteiger partial charge in [-0.1, -0.05) is 43.6 Å². The normalized spacial score (nSPS) is 12.2. The first-order valence-corrected chi connectivity index (χ1v) is 8.43. The number of phenolic OH excluding ortho intramolecular Hbond substituents is 1. The first-order chi connectivity index (χ1) is 12.4. The molecule has 0 saturated carbocycles. The summed E-state index contributed by atoms with van der Waals surface area (Å²) in [5.41, 5.74) is 3.23. The van der Waals surface area contributed by atoms with Crippen molar-refractivity contribution in [2.45, 2.75) is 19.9 Å². The van der Waals surface area contributed by atoms with Crippen molar-refractivity contribution in [3.63, 3.8) is 0 Å². The number of nitrogens with one attached hydrogen (secondary N) is 2. The number of hydrogen-bond acceptors (Lipinski definition) is 4. The molecule has 0 aliphatic rings. The van der Waals surface area contributed by atoms with Gasteiger partial charge in [-0.2, -0.15) is 5.10 Å². The van der Waals surface area contributed by atoms with Gasteiger partial charge in [0.25, 0.3) is 11.8 Å². The molecule has 0 spiro atoms. The van der Waals surface area contributed by atoms with Crippen LogP contribution in [0, 0.1) is 5.92 Å². The van der Waals surface area contributed by atoms with E-state index in [1.54, 1.807) is 36.4 Å². The van der Waals surface area contributed by atoms with E-state index in [1.807, 2.05) is 13.8 Å². The molecule has 2 amide bonds. The summed E-state index contributed by atoms with van der Waals surface area (Å²) in [6, 6.07) is 12.3. The number of halogens is 1. The Labute approximate surface area is 156 Å². The van der Waals surface area contributed by atoms with Gasteiger partial charge < -0.3 is 10.4 Å². The SMILES string of the molecule is CC(C)C(NC(=O)c1cccc(Cl)c1)C(=O)NN=Cc1ccccc1O. The Bertz CT molecular complexity index is 821. The minimum Gasteiger partial charge on any atom is -0.507 e. The van der Waals surface area contributed by atoms with Crippen molar-refractivity contribution in [1.82, 2.24) is 10.7 Å². The Morgan fingerprint density at radius 3 is 2.54 bits per heavy atom. The third-order valence-corrected chi connectivity index (χ3v) is 3.87. The standard InChI is InChI=1S/C19H20ClN3O3/c1-12(2)17(22-18(25)13-7-5-8-15(20)10-13)19(26)23-21-11-14-6-3-4-9-16(14)24/h3-12,17,24H,1-2H3,(H,22,25)(H,23,26). The number of benzene rings is 2. The molecule has 0 saturated heterocycles. The molecule has 2 rings (SSSR count). The molecule has 0 aliphatic carbocycles. The van der Waals surface area contributed by atoms with Gasteiger partial charge in [-0.25, -0.2) is 5.43 Å². The van der Waals surface area contributed by atoms with E-state index in [0.717, 1.165) is 0 Å². The van der Waals surface area contributed by atoms with E-state index in [9.17, 15) is 14.7 Å². The van der Waals surface area contributed by atoms with Crippen LogP contribution in [0.3, 0.4) is 0 Å². The molecule has 0 bridgehead atoms. The summed E-state index contributed by atoms with van der Waals surface area (Å²) in [5.74, 6) is -0.952. The molecular weight excluding hydrogens is 354 g/mol. The highest BCUT2D eigenvalue weighted by Crippen LogP contribution is 2.13. The van der Waals surface area contributed by atoms with Crippen molar-refractivity contribution in [2.75, 3.05) is 0 Å². The number of amides is 2. The second-order valence-corrected chi connectivity index (χ2v) is 6.44. The van der Waals surface area contributed by atoms with Gasteiger partial charge >= 0.3 is 0 Å². The number of nitrogens with zero attached hydrogens (tertiary/aromatic N) is 1. The highest BCUT2D eigenvalue weighted by Gasteiger charge is 2.24. The summed E-state index contributed by atoms with van der Waals surface area (Å²) in [4.78, 5) is 24.7. The van der Waals surface area contributed by atoms with Crippen LogP contribution in [-0.2, 0) is 4.79 Å². The summed E-state index contributed by atoms with van der Waals surface area (Å²) >= 11 is 5.89. The van der Waals surface area contributed by atoms with E-state index in [-0.39, 0.29) is 11.7 Å². The lowest BCUT2D eigenvalue weighted by molar-refractivity contribution is -0.123. The van der Waals surface area contributed by atoms with Crippen molar-refractivity contribution >= 4 is 29.6 Å². The van der Waals surface area contributed by atoms with E-state index < -0.39 is 17.9 Å². The number of rotatable bonds is 6. The topological polar surface area (TPSA) is 90.8 Å². The summed E-state index contributed by atoms with van der Waals surface area (Å²) in [6.45, 7) is 3.63. The Balaban J connectivity index is 2.03. The molecule has 2 aromatic rings. The van der Waals surface area contributed by atoms with Crippen molar-refractivity contribution in [2.24, 2.45) is 11.0 Å². The zero-order valence-electron chi connectivity index (χ0n) is 14.4. The van der Waals surface area contributed by atoms with Gasteiger partial charge in [0, 0.05) is 16.1 Å². The molecular formula is C19H20ClN3O3. The number of para-hydroxylation sites is 1. The van der Waals surface area contributed by atoms with Crippen LogP contribution < -0.4 is 10.7 Å². The summed E-state index contributed by atoms with van der Waals surface area (Å²) < 4.78 is 0. The fraction of sp³-hybridized carbons (Fsp3) is 0.211. The molecule has 3 N–H and O–H groups in total. The van der Waals surface area contributed by atoms with Crippen molar-refractivity contribution in [3.05, 3.63) is 64.7 Å². The molecule has 0 heterocycles. The second kappa shape index (κ2) is 9.01. The predicted octanol–water partition coefficient (Wildman–Crippen LogP) is 2.95. The Morgan fingerprint density at radius 1 is 1.15 bits per heavy atom. The van der Waals surface area contributed by atoms with Gasteiger partial charge in [0.1, 0.15) is 11.8 Å². The Morgan fingerprint density at radius 2 is 1.88 bits per heavy atom. The van der Waals surface area contributed by atoms with Crippen LogP contribution in [0.5, 0.6) is 5.75 Å². The maximum absolute atomic E-state index is 12.4. The minimum atomic E-state index is -0.775. The fourth-order valence-electron chi connectivity index (χ4n) is 2.22. The number of aromatic hydroxyl groups is 1. The molecule has 26 heavy (non-hydrogen) atoms. The lowest BCUT2D eigenvalue weighted by Crippen LogP contribution is -2.48. The van der Waals surface area contributed by atoms with Gasteiger partial charge in [-0.05, 0) is 36.2 Å². The van der Waals surface area contributed by atoms with Crippen molar-refractivity contribution < 1.29 is 14.7 Å². The number of carbonyl (C=O) groups excluding carboxylic acids is 2. The molecule has 136 valence electrons. The minimum absolute atomic E-state index is 0.0557. The van der Waals surface area contributed by atoms with Crippen molar-refractivity contribution in [1.29, 1.82) is 0 Å². The summed E-state index contributed by atoms with van der Waals surface area (Å²) in [7, 11) is 0. The third kappa shape index (κ3) is 5.32. The summed E-state index contributed by atoms with van der Waals surface area (Å²) in [6.07, 6.45) is 1.34. The van der Waals surface area contributed by atoms with Crippen LogP contribution in [0.25, 0.3) is 0 Å². The predicted molar refractivity (Wildman–Crippen MR) is 101 cm³/mol. The number of hydrogen-bond donors (Lipinski definition) is 3. The highest BCUT2D eigenvalue weighted by atomic mass is 35.5. The van der Waals surface area contributed by atoms with Gasteiger partial charge in [0.05, 0.1) is 6.21 Å². The maximum atomic E-state index is 12.4. The van der Waals surface area contributed by atoms with Gasteiger partial charge in [-0.3, -0.25) is 9.59 Å². The Hall–Kier alpha value is -2.86. The first-order valence-electron chi connectivity index (χ1n) is 8.06. The van der Waals surface area contributed by atoms with Crippen LogP contribution in [0.2, 0.25) is 5.02 Å². The fourth-order valence-corrected chi connectivity index (χ4v) is 2.41. The average Bonchev–Trinajstić information content (AvgIpc) is 2.60. The zero-order valence-corrected chi connectivity index (χ0v) is 15.2. The number of carbonyl (C=O) groups is 2. The second-order valence-electron chi connectivity index (χ2n) is 6.00. The van der Waals surface area contributed by atoms with Crippen LogP contribution in [0.1, 0.15) is 29.8 Å². The van der Waals surface area contributed by atoms with Crippen molar-refractivity contribution in [3.8, 4) is 5.75 Å². The smallest absolute Gasteiger partial charge is 0.262 e. The first kappa shape index (κ1) is 19.5. The lowest BCUT2D eigenvalue weighted by Gasteiger charge is -2.20. The van der Waals surface area contributed by atoms with E-state index >= 15 is 0 Å². The van der Waals surface area contributed by atoms with Crippen LogP contribution in [-0.4, -0.2) is 29.2 Å². The van der Waals surface area contributed by atoms with Gasteiger partial charge in [0.15, 0.2) is 0 Å². The third-order valence-electron chi connectivity index (χ3n) is 3.64. The average molecular weight is 374 g/mol. The monoisotopic (exact) mass is 373 g/mol. The molecule has 6 nitrogen and oxygen atoms in total. The molecule has 0 aliphatic heterocycles. The quantitative estimate of drug-likeness (QED) is 0.537.